The topological polar surface area (TPSA) is 92.3 Å². The zero-order chi connectivity index (χ0) is 24.0. The lowest BCUT2D eigenvalue weighted by Gasteiger charge is -2.18. The predicted molar refractivity (Wildman–Crippen MR) is 127 cm³/mol. The average molecular weight is 469 g/mol. The molecule has 5 rings (SSSR count). The second-order valence-corrected chi connectivity index (χ2v) is 8.23. The molecule has 0 saturated carbocycles. The summed E-state index contributed by atoms with van der Waals surface area (Å²) in [5.74, 6) is 7.65. The van der Waals surface area contributed by atoms with Gasteiger partial charge in [0.1, 0.15) is 23.3 Å². The summed E-state index contributed by atoms with van der Waals surface area (Å²) < 4.78 is 19.2. The van der Waals surface area contributed by atoms with E-state index in [4.69, 9.17) is 14.0 Å². The summed E-state index contributed by atoms with van der Waals surface area (Å²) in [5.41, 5.74) is 3.69. The fourth-order valence-corrected chi connectivity index (χ4v) is 3.86. The van der Waals surface area contributed by atoms with Gasteiger partial charge < -0.3 is 18.6 Å². The van der Waals surface area contributed by atoms with Crippen molar-refractivity contribution in [1.82, 2.24) is 19.7 Å². The second kappa shape index (κ2) is 10.5. The minimum Gasteiger partial charge on any atom is -0.356 e. The molecule has 1 saturated heterocycles. The maximum atomic E-state index is 10.7. The molecule has 176 valence electrons. The van der Waals surface area contributed by atoms with Gasteiger partial charge in [-0.25, -0.2) is 4.98 Å². The summed E-state index contributed by atoms with van der Waals surface area (Å²) in [6, 6.07) is 13.1. The summed E-state index contributed by atoms with van der Waals surface area (Å²) in [6.07, 6.45) is 7.55. The van der Waals surface area contributed by atoms with Crippen LogP contribution in [0.5, 0.6) is 0 Å². The average Bonchev–Trinajstić information content (AvgIpc) is 3.66. The van der Waals surface area contributed by atoms with Crippen molar-refractivity contribution in [2.24, 2.45) is 0 Å². The van der Waals surface area contributed by atoms with E-state index in [1.54, 1.807) is 24.5 Å². The lowest BCUT2D eigenvalue weighted by Crippen LogP contribution is -2.17. The maximum absolute atomic E-state index is 10.7. The van der Waals surface area contributed by atoms with Crippen molar-refractivity contribution in [1.29, 1.82) is 0 Å². The highest BCUT2D eigenvalue weighted by Gasteiger charge is 2.22. The third kappa shape index (κ3) is 5.54. The fourth-order valence-electron chi connectivity index (χ4n) is 3.86. The molecular formula is C27H24N4O4. The van der Waals surface area contributed by atoms with Gasteiger partial charge in [0.15, 0.2) is 18.3 Å². The van der Waals surface area contributed by atoms with Gasteiger partial charge in [0, 0.05) is 54.4 Å². The van der Waals surface area contributed by atoms with Crippen molar-refractivity contribution in [3.05, 3.63) is 89.4 Å². The zero-order valence-electron chi connectivity index (χ0n) is 19.3. The molecule has 8 heteroatoms. The Labute approximate surface area is 202 Å². The van der Waals surface area contributed by atoms with Crippen molar-refractivity contribution in [2.45, 2.75) is 38.7 Å². The Kier molecular flexibility index (Phi) is 6.80. The summed E-state index contributed by atoms with van der Waals surface area (Å²) in [4.78, 5) is 19.2. The van der Waals surface area contributed by atoms with Crippen LogP contribution in [0.4, 0.5) is 0 Å². The standard InChI is InChI=1S/C27H24N4O4/c1-19(34-26-3-2-14-33-26)27-28-12-13-31(27)17-24-15-25(35-30-24)22-9-6-20(7-10-22)4-5-21-8-11-23(18-32)29-16-21/h6-13,15-16,18-19,26H,2-3,14,17H2,1H3/t19-,26?/m0/s1. The first kappa shape index (κ1) is 22.7. The molecule has 8 nitrogen and oxygen atoms in total. The van der Waals surface area contributed by atoms with Gasteiger partial charge in [-0.15, -0.1) is 0 Å². The molecule has 0 bridgehead atoms. The van der Waals surface area contributed by atoms with Crippen LogP contribution in [-0.2, 0) is 16.0 Å². The van der Waals surface area contributed by atoms with Gasteiger partial charge in [0.25, 0.3) is 0 Å². The zero-order valence-corrected chi connectivity index (χ0v) is 19.3. The number of benzene rings is 1. The molecule has 4 aromatic rings. The molecule has 1 aliphatic rings. The number of aldehydes is 1. The van der Waals surface area contributed by atoms with Crippen molar-refractivity contribution in [3.8, 4) is 23.2 Å². The van der Waals surface area contributed by atoms with Crippen LogP contribution < -0.4 is 0 Å². The third-order valence-electron chi connectivity index (χ3n) is 5.67. The Balaban J connectivity index is 1.23. The van der Waals surface area contributed by atoms with Gasteiger partial charge in [-0.1, -0.05) is 17.0 Å². The molecular weight excluding hydrogens is 444 g/mol. The third-order valence-corrected chi connectivity index (χ3v) is 5.67. The van der Waals surface area contributed by atoms with Crippen LogP contribution in [0.15, 0.2) is 65.6 Å². The lowest BCUT2D eigenvalue weighted by atomic mass is 10.1. The van der Waals surface area contributed by atoms with Gasteiger partial charge in [-0.05, 0) is 49.7 Å². The number of pyridine rings is 1. The quantitative estimate of drug-likeness (QED) is 0.293. The molecule has 0 radical (unpaired) electrons. The van der Waals surface area contributed by atoms with Crippen molar-refractivity contribution >= 4 is 6.29 Å². The van der Waals surface area contributed by atoms with E-state index in [0.29, 0.717) is 24.3 Å². The molecule has 2 atom stereocenters. The van der Waals surface area contributed by atoms with Crippen molar-refractivity contribution < 1.29 is 18.8 Å². The van der Waals surface area contributed by atoms with E-state index in [9.17, 15) is 4.79 Å². The highest BCUT2D eigenvalue weighted by atomic mass is 16.7. The second-order valence-electron chi connectivity index (χ2n) is 8.23. The minimum atomic E-state index is -0.188. The number of hydrogen-bond donors (Lipinski definition) is 0. The van der Waals surface area contributed by atoms with Crippen molar-refractivity contribution in [3.63, 3.8) is 0 Å². The Morgan fingerprint density at radius 3 is 2.74 bits per heavy atom. The van der Waals surface area contributed by atoms with Crippen LogP contribution in [-0.4, -0.2) is 38.9 Å². The molecule has 1 aliphatic heterocycles. The van der Waals surface area contributed by atoms with Crippen LogP contribution in [0, 0.1) is 11.8 Å². The van der Waals surface area contributed by atoms with Crippen LogP contribution in [0.3, 0.4) is 0 Å². The first-order valence-corrected chi connectivity index (χ1v) is 11.5. The molecule has 3 aromatic heterocycles. The van der Waals surface area contributed by atoms with Gasteiger partial charge in [0.2, 0.25) is 0 Å². The van der Waals surface area contributed by atoms with Crippen LogP contribution in [0.1, 0.15) is 59.0 Å². The van der Waals surface area contributed by atoms with Gasteiger partial charge >= 0.3 is 0 Å². The normalized spacial score (nSPS) is 16.0. The minimum absolute atomic E-state index is 0.166. The summed E-state index contributed by atoms with van der Waals surface area (Å²) in [7, 11) is 0. The van der Waals surface area contributed by atoms with Crippen LogP contribution in [0.2, 0.25) is 0 Å². The number of aromatic nitrogens is 4. The van der Waals surface area contributed by atoms with E-state index in [2.05, 4.69) is 27.0 Å². The number of imidazole rings is 1. The number of hydrogen-bond acceptors (Lipinski definition) is 7. The van der Waals surface area contributed by atoms with Crippen LogP contribution in [0.25, 0.3) is 11.3 Å². The molecule has 0 spiro atoms. The van der Waals surface area contributed by atoms with E-state index in [-0.39, 0.29) is 12.4 Å². The number of ether oxygens (including phenoxy) is 2. The number of rotatable bonds is 7. The van der Waals surface area contributed by atoms with Gasteiger partial charge in [-0.2, -0.15) is 0 Å². The van der Waals surface area contributed by atoms with E-state index < -0.39 is 0 Å². The molecule has 4 heterocycles. The Morgan fingerprint density at radius 2 is 2.00 bits per heavy atom. The van der Waals surface area contributed by atoms with Crippen LogP contribution >= 0.6 is 0 Å². The SMILES string of the molecule is C[C@H](OC1CCCO1)c1nccn1Cc1cc(-c2ccc(C#Cc3ccc(C=O)nc3)cc2)on1. The highest BCUT2D eigenvalue weighted by Crippen LogP contribution is 2.25. The molecule has 1 aromatic carbocycles. The first-order valence-electron chi connectivity index (χ1n) is 11.5. The Bertz CT molecular complexity index is 1340. The van der Waals surface area contributed by atoms with E-state index >= 15 is 0 Å². The van der Waals surface area contributed by atoms with E-state index in [1.165, 1.54) is 0 Å². The molecule has 0 amide bonds. The smallest absolute Gasteiger partial charge is 0.168 e. The molecule has 1 fully saturated rings. The summed E-state index contributed by atoms with van der Waals surface area (Å²) >= 11 is 0. The molecule has 0 N–H and O–H groups in total. The predicted octanol–water partition coefficient (Wildman–Crippen LogP) is 4.41. The summed E-state index contributed by atoms with van der Waals surface area (Å²) in [6.45, 7) is 3.25. The Hall–Kier alpha value is -4.06. The highest BCUT2D eigenvalue weighted by molar-refractivity contribution is 5.71. The van der Waals surface area contributed by atoms with Gasteiger partial charge in [0.05, 0.1) is 6.54 Å². The summed E-state index contributed by atoms with van der Waals surface area (Å²) in [5, 5.41) is 4.23. The number of carbonyl (C=O) groups is 1. The molecule has 0 aliphatic carbocycles. The Morgan fingerprint density at radius 1 is 1.17 bits per heavy atom. The molecule has 35 heavy (non-hydrogen) atoms. The lowest BCUT2D eigenvalue weighted by molar-refractivity contribution is -0.143. The van der Waals surface area contributed by atoms with E-state index in [0.717, 1.165) is 47.7 Å². The monoisotopic (exact) mass is 468 g/mol. The van der Waals surface area contributed by atoms with Gasteiger partial charge in [-0.3, -0.25) is 9.78 Å². The van der Waals surface area contributed by atoms with E-state index in [1.807, 2.05) is 48.0 Å². The number of carbonyl (C=O) groups excluding carboxylic acids is 1. The largest absolute Gasteiger partial charge is 0.356 e. The maximum Gasteiger partial charge on any atom is 0.168 e. The fraction of sp³-hybridized carbons (Fsp3) is 0.259. The first-order chi connectivity index (χ1) is 17.2. The number of nitrogens with zero attached hydrogens (tertiary/aromatic N) is 4. The van der Waals surface area contributed by atoms with Crippen molar-refractivity contribution in [2.75, 3.05) is 6.61 Å². The molecule has 1 unspecified atom stereocenters.